The number of hydrogen-bond donors (Lipinski definition) is 1. The molecule has 3 rings (SSSR count). The number of nitrogens with zero attached hydrogens (tertiary/aromatic N) is 2. The summed E-state index contributed by atoms with van der Waals surface area (Å²) in [6.45, 7) is 9.51. The predicted octanol–water partition coefficient (Wildman–Crippen LogP) is 4.19. The van der Waals surface area contributed by atoms with Crippen molar-refractivity contribution >= 4 is 29.9 Å². The number of benzene rings is 1. The minimum atomic E-state index is -0.172. The van der Waals surface area contributed by atoms with Crippen molar-refractivity contribution in [1.29, 1.82) is 0 Å². The smallest absolute Gasteiger partial charge is 0.193 e. The number of nitrogens with one attached hydrogen (secondary N) is 1. The van der Waals surface area contributed by atoms with Crippen molar-refractivity contribution in [2.24, 2.45) is 10.9 Å². The number of guanidine groups is 1. The topological polar surface area (TPSA) is 36.9 Å². The van der Waals surface area contributed by atoms with Crippen LogP contribution < -0.4 is 5.32 Å². The Balaban J connectivity index is 0.00000261. The molecule has 0 saturated carbocycles. The summed E-state index contributed by atoms with van der Waals surface area (Å²) in [7, 11) is 0. The van der Waals surface area contributed by atoms with E-state index in [-0.39, 0.29) is 35.2 Å². The van der Waals surface area contributed by atoms with Gasteiger partial charge in [0.25, 0.3) is 0 Å². The van der Waals surface area contributed by atoms with Crippen molar-refractivity contribution in [2.75, 3.05) is 39.4 Å². The van der Waals surface area contributed by atoms with Crippen molar-refractivity contribution in [3.05, 3.63) is 35.6 Å². The highest BCUT2D eigenvalue weighted by Crippen LogP contribution is 2.35. The molecule has 1 aromatic rings. The Morgan fingerprint density at radius 3 is 2.63 bits per heavy atom. The lowest BCUT2D eigenvalue weighted by molar-refractivity contribution is 0.0529. The Morgan fingerprint density at radius 1 is 1.30 bits per heavy atom. The zero-order chi connectivity index (χ0) is 18.4. The van der Waals surface area contributed by atoms with E-state index in [4.69, 9.17) is 9.73 Å². The SMILES string of the molecule is CCNC(=NCC1(c2cccc(F)c2)CCOCC1)N1CCC(C)CC1.I. The van der Waals surface area contributed by atoms with Gasteiger partial charge in [0.05, 0.1) is 6.54 Å². The molecule has 6 heteroatoms. The number of piperidine rings is 1. The molecule has 0 spiro atoms. The largest absolute Gasteiger partial charge is 0.381 e. The van der Waals surface area contributed by atoms with Gasteiger partial charge in [-0.3, -0.25) is 4.99 Å². The molecule has 0 aromatic heterocycles. The normalized spacial score (nSPS) is 20.9. The minimum absolute atomic E-state index is 0. The molecule has 0 aliphatic carbocycles. The van der Waals surface area contributed by atoms with Gasteiger partial charge in [-0.25, -0.2) is 4.39 Å². The van der Waals surface area contributed by atoms with E-state index < -0.39 is 0 Å². The molecule has 0 amide bonds. The second-order valence-electron chi connectivity index (χ2n) is 7.74. The van der Waals surface area contributed by atoms with Gasteiger partial charge < -0.3 is 15.0 Å². The van der Waals surface area contributed by atoms with Gasteiger partial charge in [0, 0.05) is 38.3 Å². The number of halogens is 2. The number of ether oxygens (including phenoxy) is 1. The number of aliphatic imine (C=N–C) groups is 1. The van der Waals surface area contributed by atoms with E-state index in [0.717, 1.165) is 49.9 Å². The van der Waals surface area contributed by atoms with E-state index in [1.807, 2.05) is 12.1 Å². The molecule has 0 bridgehead atoms. The summed E-state index contributed by atoms with van der Waals surface area (Å²) in [4.78, 5) is 7.39. The predicted molar refractivity (Wildman–Crippen MR) is 119 cm³/mol. The molecule has 1 aromatic carbocycles. The summed E-state index contributed by atoms with van der Waals surface area (Å²) in [6.07, 6.45) is 4.20. The van der Waals surface area contributed by atoms with Gasteiger partial charge in [-0.15, -0.1) is 24.0 Å². The second kappa shape index (κ2) is 10.6. The summed E-state index contributed by atoms with van der Waals surface area (Å²) >= 11 is 0. The van der Waals surface area contributed by atoms with Crippen LogP contribution in [0.3, 0.4) is 0 Å². The van der Waals surface area contributed by atoms with E-state index in [1.165, 1.54) is 18.9 Å². The Hall–Kier alpha value is -0.890. The highest BCUT2D eigenvalue weighted by molar-refractivity contribution is 14.0. The fourth-order valence-electron chi connectivity index (χ4n) is 3.99. The number of hydrogen-bond acceptors (Lipinski definition) is 2. The zero-order valence-corrected chi connectivity index (χ0v) is 18.9. The molecule has 2 aliphatic heterocycles. The van der Waals surface area contributed by atoms with Crippen molar-refractivity contribution in [1.82, 2.24) is 10.2 Å². The molecule has 0 radical (unpaired) electrons. The average molecular weight is 489 g/mol. The maximum Gasteiger partial charge on any atom is 0.193 e. The molecule has 0 unspecified atom stereocenters. The Bertz CT molecular complexity index is 611. The van der Waals surface area contributed by atoms with Gasteiger partial charge in [0.2, 0.25) is 0 Å². The number of rotatable bonds is 4. The van der Waals surface area contributed by atoms with E-state index >= 15 is 0 Å². The van der Waals surface area contributed by atoms with Gasteiger partial charge >= 0.3 is 0 Å². The highest BCUT2D eigenvalue weighted by Gasteiger charge is 2.35. The van der Waals surface area contributed by atoms with Crippen LogP contribution in [0.2, 0.25) is 0 Å². The molecule has 1 N–H and O–H groups in total. The number of likely N-dealkylation sites (tertiary alicyclic amines) is 1. The van der Waals surface area contributed by atoms with Crippen LogP contribution in [-0.2, 0) is 10.2 Å². The minimum Gasteiger partial charge on any atom is -0.381 e. The first-order valence-corrected chi connectivity index (χ1v) is 10.00. The maximum absolute atomic E-state index is 13.9. The second-order valence-corrected chi connectivity index (χ2v) is 7.74. The molecule has 2 saturated heterocycles. The third-order valence-electron chi connectivity index (χ3n) is 5.84. The van der Waals surface area contributed by atoms with Crippen molar-refractivity contribution < 1.29 is 9.13 Å². The maximum atomic E-state index is 13.9. The van der Waals surface area contributed by atoms with Gasteiger partial charge in [-0.1, -0.05) is 19.1 Å². The summed E-state index contributed by atoms with van der Waals surface area (Å²) in [5, 5.41) is 3.46. The lowest BCUT2D eigenvalue weighted by Gasteiger charge is -2.38. The average Bonchev–Trinajstić information content (AvgIpc) is 2.67. The highest BCUT2D eigenvalue weighted by atomic mass is 127. The van der Waals surface area contributed by atoms with Crippen molar-refractivity contribution in [3.8, 4) is 0 Å². The van der Waals surface area contributed by atoms with Gasteiger partial charge in [-0.2, -0.15) is 0 Å². The van der Waals surface area contributed by atoms with Crippen LogP contribution in [0.25, 0.3) is 0 Å². The standard InChI is InChI=1S/C21H32FN3O.HI/c1-3-23-20(25-11-7-17(2)8-12-25)24-16-21(9-13-26-14-10-21)18-5-4-6-19(22)15-18;/h4-6,15,17H,3,7-14,16H2,1-2H3,(H,23,24);1H. The van der Waals surface area contributed by atoms with Crippen LogP contribution in [0.5, 0.6) is 0 Å². The molecule has 0 atom stereocenters. The summed E-state index contributed by atoms with van der Waals surface area (Å²) < 4.78 is 19.4. The first kappa shape index (κ1) is 22.4. The Morgan fingerprint density at radius 2 is 2.00 bits per heavy atom. The first-order valence-electron chi connectivity index (χ1n) is 10.00. The van der Waals surface area contributed by atoms with E-state index in [9.17, 15) is 4.39 Å². The fraction of sp³-hybridized carbons (Fsp3) is 0.667. The molecule has 152 valence electrons. The van der Waals surface area contributed by atoms with E-state index in [0.29, 0.717) is 19.8 Å². The van der Waals surface area contributed by atoms with Gasteiger partial charge in [0.1, 0.15) is 5.82 Å². The fourth-order valence-corrected chi connectivity index (χ4v) is 3.99. The molecule has 4 nitrogen and oxygen atoms in total. The first-order chi connectivity index (χ1) is 12.6. The van der Waals surface area contributed by atoms with Crippen LogP contribution in [-0.4, -0.2) is 50.3 Å². The molecule has 2 heterocycles. The molecular weight excluding hydrogens is 456 g/mol. The lowest BCUT2D eigenvalue weighted by Crippen LogP contribution is -2.46. The quantitative estimate of drug-likeness (QED) is 0.392. The van der Waals surface area contributed by atoms with E-state index in [2.05, 4.69) is 24.1 Å². The van der Waals surface area contributed by atoms with Crippen LogP contribution in [0.1, 0.15) is 45.1 Å². The Kier molecular flexibility index (Phi) is 8.79. The summed E-state index contributed by atoms with van der Waals surface area (Å²) in [5.74, 6) is 1.62. The molecule has 2 fully saturated rings. The van der Waals surface area contributed by atoms with Gasteiger partial charge in [0.15, 0.2) is 5.96 Å². The third-order valence-corrected chi connectivity index (χ3v) is 5.84. The molecule has 27 heavy (non-hydrogen) atoms. The van der Waals surface area contributed by atoms with Crippen molar-refractivity contribution in [3.63, 3.8) is 0 Å². The van der Waals surface area contributed by atoms with Crippen LogP contribution in [0.4, 0.5) is 4.39 Å². The zero-order valence-electron chi connectivity index (χ0n) is 16.5. The lowest BCUT2D eigenvalue weighted by atomic mass is 9.74. The van der Waals surface area contributed by atoms with Crippen LogP contribution in [0, 0.1) is 11.7 Å². The summed E-state index contributed by atoms with van der Waals surface area (Å²) in [6, 6.07) is 7.04. The molecule has 2 aliphatic rings. The van der Waals surface area contributed by atoms with E-state index in [1.54, 1.807) is 6.07 Å². The van der Waals surface area contributed by atoms with Crippen LogP contribution >= 0.6 is 24.0 Å². The third kappa shape index (κ3) is 5.79. The Labute approximate surface area is 180 Å². The summed E-state index contributed by atoms with van der Waals surface area (Å²) in [5.41, 5.74) is 0.914. The van der Waals surface area contributed by atoms with Crippen molar-refractivity contribution in [2.45, 2.75) is 44.9 Å². The van der Waals surface area contributed by atoms with Gasteiger partial charge in [-0.05, 0) is 56.2 Å². The molecular formula is C21H33FIN3O. The monoisotopic (exact) mass is 489 g/mol. The van der Waals surface area contributed by atoms with Crippen LogP contribution in [0.15, 0.2) is 29.3 Å².